The molecule has 0 bridgehead atoms. The fraction of sp³-hybridized carbons (Fsp3) is 0.636. The van der Waals surface area contributed by atoms with Gasteiger partial charge in [-0.15, -0.1) is 0 Å². The molecule has 1 saturated carbocycles. The molecule has 1 aliphatic rings. The van der Waals surface area contributed by atoms with Crippen molar-refractivity contribution >= 4 is 23.1 Å². The Balaban J connectivity index is 2.16. The second-order valence-electron chi connectivity index (χ2n) is 4.61. The summed E-state index contributed by atoms with van der Waals surface area (Å²) in [6.45, 7) is 2.02. The SMILES string of the molecule is CC(Nc1nc(Cl)ncc1[N+](=O)[O-])C1CCCC1. The molecule has 1 aromatic heterocycles. The Kier molecular flexibility index (Phi) is 3.96. The number of nitro groups is 1. The Morgan fingerprint density at radius 2 is 2.22 bits per heavy atom. The van der Waals surface area contributed by atoms with E-state index in [1.165, 1.54) is 12.8 Å². The highest BCUT2D eigenvalue weighted by molar-refractivity contribution is 6.28. The van der Waals surface area contributed by atoms with Crippen molar-refractivity contribution in [3.05, 3.63) is 21.6 Å². The van der Waals surface area contributed by atoms with E-state index < -0.39 is 4.92 Å². The Hall–Kier alpha value is -1.43. The van der Waals surface area contributed by atoms with Gasteiger partial charge in [-0.25, -0.2) is 4.98 Å². The molecule has 18 heavy (non-hydrogen) atoms. The van der Waals surface area contributed by atoms with E-state index in [4.69, 9.17) is 11.6 Å². The monoisotopic (exact) mass is 270 g/mol. The molecule has 1 N–H and O–H groups in total. The van der Waals surface area contributed by atoms with Crippen LogP contribution >= 0.6 is 11.6 Å². The third-order valence-electron chi connectivity index (χ3n) is 3.41. The topological polar surface area (TPSA) is 81.0 Å². The number of hydrogen-bond donors (Lipinski definition) is 1. The van der Waals surface area contributed by atoms with Crippen LogP contribution in [0.15, 0.2) is 6.20 Å². The number of rotatable bonds is 4. The predicted molar refractivity (Wildman–Crippen MR) is 68.7 cm³/mol. The van der Waals surface area contributed by atoms with Crippen molar-refractivity contribution in [1.29, 1.82) is 0 Å². The van der Waals surface area contributed by atoms with Crippen molar-refractivity contribution in [2.24, 2.45) is 5.92 Å². The minimum atomic E-state index is -0.500. The van der Waals surface area contributed by atoms with Gasteiger partial charge in [-0.3, -0.25) is 10.1 Å². The summed E-state index contributed by atoms with van der Waals surface area (Å²) >= 11 is 5.68. The van der Waals surface area contributed by atoms with Crippen LogP contribution in [-0.2, 0) is 0 Å². The lowest BCUT2D eigenvalue weighted by molar-refractivity contribution is -0.384. The Morgan fingerprint density at radius 3 is 2.83 bits per heavy atom. The molecule has 0 radical (unpaired) electrons. The molecule has 2 rings (SSSR count). The van der Waals surface area contributed by atoms with Gasteiger partial charge in [0.25, 0.3) is 0 Å². The highest BCUT2D eigenvalue weighted by atomic mass is 35.5. The molecule has 0 amide bonds. The summed E-state index contributed by atoms with van der Waals surface area (Å²) in [4.78, 5) is 17.9. The summed E-state index contributed by atoms with van der Waals surface area (Å²) < 4.78 is 0. The lowest BCUT2D eigenvalue weighted by Crippen LogP contribution is -2.25. The van der Waals surface area contributed by atoms with Crippen molar-refractivity contribution in [3.63, 3.8) is 0 Å². The van der Waals surface area contributed by atoms with Crippen molar-refractivity contribution in [3.8, 4) is 0 Å². The summed E-state index contributed by atoms with van der Waals surface area (Å²) in [5, 5.41) is 14.0. The Morgan fingerprint density at radius 1 is 1.56 bits per heavy atom. The number of halogens is 1. The van der Waals surface area contributed by atoms with Crippen LogP contribution in [-0.4, -0.2) is 20.9 Å². The number of hydrogen-bond acceptors (Lipinski definition) is 5. The van der Waals surface area contributed by atoms with Crippen molar-refractivity contribution in [1.82, 2.24) is 9.97 Å². The summed E-state index contributed by atoms with van der Waals surface area (Å²) in [6, 6.07) is 0.150. The van der Waals surface area contributed by atoms with Crippen LogP contribution in [0.25, 0.3) is 0 Å². The standard InChI is InChI=1S/C11H15ClN4O2/c1-7(8-4-2-3-5-8)14-10-9(16(17)18)6-13-11(12)15-10/h6-8H,2-5H2,1H3,(H,13,14,15). The van der Waals surface area contributed by atoms with E-state index in [1.807, 2.05) is 6.92 Å². The van der Waals surface area contributed by atoms with Gasteiger partial charge in [-0.05, 0) is 37.3 Å². The van der Waals surface area contributed by atoms with Gasteiger partial charge >= 0.3 is 5.69 Å². The highest BCUT2D eigenvalue weighted by Gasteiger charge is 2.25. The van der Waals surface area contributed by atoms with E-state index in [0.717, 1.165) is 19.0 Å². The molecule has 0 aliphatic heterocycles. The van der Waals surface area contributed by atoms with Gasteiger partial charge in [-0.1, -0.05) is 12.8 Å². The second kappa shape index (κ2) is 5.48. The maximum Gasteiger partial charge on any atom is 0.329 e. The maximum absolute atomic E-state index is 10.9. The van der Waals surface area contributed by atoms with E-state index in [9.17, 15) is 10.1 Å². The molecule has 98 valence electrons. The Bertz CT molecular complexity index is 449. The number of nitrogens with zero attached hydrogens (tertiary/aromatic N) is 3. The first-order valence-corrected chi connectivity index (χ1v) is 6.39. The van der Waals surface area contributed by atoms with Crippen molar-refractivity contribution in [2.45, 2.75) is 38.6 Å². The smallest absolute Gasteiger partial charge is 0.329 e. The zero-order valence-corrected chi connectivity index (χ0v) is 10.9. The van der Waals surface area contributed by atoms with E-state index in [-0.39, 0.29) is 22.8 Å². The Labute approximate surface area is 110 Å². The van der Waals surface area contributed by atoms with Crippen molar-refractivity contribution in [2.75, 3.05) is 5.32 Å². The predicted octanol–water partition coefficient (Wildman–Crippen LogP) is 3.03. The van der Waals surface area contributed by atoms with Crippen LogP contribution in [0.2, 0.25) is 5.28 Å². The summed E-state index contributed by atoms with van der Waals surface area (Å²) in [5.41, 5.74) is -0.135. The highest BCUT2D eigenvalue weighted by Crippen LogP contribution is 2.31. The van der Waals surface area contributed by atoms with Gasteiger partial charge in [0.15, 0.2) is 0 Å². The third-order valence-corrected chi connectivity index (χ3v) is 3.59. The lowest BCUT2D eigenvalue weighted by atomic mass is 10.00. The van der Waals surface area contributed by atoms with Gasteiger partial charge in [0.2, 0.25) is 11.1 Å². The maximum atomic E-state index is 10.9. The molecule has 1 unspecified atom stereocenters. The summed E-state index contributed by atoms with van der Waals surface area (Å²) in [7, 11) is 0. The average Bonchev–Trinajstić information content (AvgIpc) is 2.81. The van der Waals surface area contributed by atoms with E-state index in [0.29, 0.717) is 5.92 Å². The first-order chi connectivity index (χ1) is 8.58. The van der Waals surface area contributed by atoms with E-state index in [1.54, 1.807) is 0 Å². The molecule has 0 saturated heterocycles. The molecule has 1 aromatic rings. The summed E-state index contributed by atoms with van der Waals surface area (Å²) in [6.07, 6.45) is 5.90. The molecule has 0 aromatic carbocycles. The minimum Gasteiger partial charge on any atom is -0.361 e. The summed E-state index contributed by atoms with van der Waals surface area (Å²) in [5.74, 6) is 0.748. The van der Waals surface area contributed by atoms with E-state index in [2.05, 4.69) is 15.3 Å². The van der Waals surface area contributed by atoms with Gasteiger partial charge in [0, 0.05) is 6.04 Å². The average molecular weight is 271 g/mol. The zero-order valence-electron chi connectivity index (χ0n) is 10.1. The van der Waals surface area contributed by atoms with Crippen LogP contribution in [0.1, 0.15) is 32.6 Å². The van der Waals surface area contributed by atoms with Crippen LogP contribution < -0.4 is 5.32 Å². The molecule has 1 fully saturated rings. The molecule has 1 heterocycles. The normalized spacial score (nSPS) is 17.7. The van der Waals surface area contributed by atoms with Crippen LogP contribution in [0.3, 0.4) is 0 Å². The van der Waals surface area contributed by atoms with Crippen LogP contribution in [0.5, 0.6) is 0 Å². The quantitative estimate of drug-likeness (QED) is 0.517. The van der Waals surface area contributed by atoms with Crippen LogP contribution in [0.4, 0.5) is 11.5 Å². The van der Waals surface area contributed by atoms with Crippen molar-refractivity contribution < 1.29 is 4.92 Å². The van der Waals surface area contributed by atoms with Crippen LogP contribution in [0, 0.1) is 16.0 Å². The molecule has 0 spiro atoms. The molecular weight excluding hydrogens is 256 g/mol. The lowest BCUT2D eigenvalue weighted by Gasteiger charge is -2.20. The van der Waals surface area contributed by atoms with Gasteiger partial charge in [0.05, 0.1) is 4.92 Å². The molecule has 1 aliphatic carbocycles. The molecule has 6 nitrogen and oxygen atoms in total. The fourth-order valence-corrected chi connectivity index (χ4v) is 2.52. The second-order valence-corrected chi connectivity index (χ2v) is 4.95. The number of nitrogens with one attached hydrogen (secondary N) is 1. The minimum absolute atomic E-state index is 0.0155. The molecular formula is C11H15ClN4O2. The van der Waals surface area contributed by atoms with Gasteiger partial charge in [0.1, 0.15) is 6.20 Å². The zero-order chi connectivity index (χ0) is 13.1. The first-order valence-electron chi connectivity index (χ1n) is 6.01. The largest absolute Gasteiger partial charge is 0.361 e. The third kappa shape index (κ3) is 2.87. The number of aromatic nitrogens is 2. The van der Waals surface area contributed by atoms with Gasteiger partial charge < -0.3 is 5.32 Å². The van der Waals surface area contributed by atoms with Gasteiger partial charge in [-0.2, -0.15) is 4.98 Å². The number of anilines is 1. The first kappa shape index (κ1) is 13.0. The fourth-order valence-electron chi connectivity index (χ4n) is 2.38. The molecule has 7 heteroatoms. The van der Waals surface area contributed by atoms with E-state index >= 15 is 0 Å². The molecule has 1 atom stereocenters.